The van der Waals surface area contributed by atoms with Crippen LogP contribution in [0.1, 0.15) is 18.1 Å². The molecule has 9 heteroatoms. The second kappa shape index (κ2) is 12.9. The van der Waals surface area contributed by atoms with Gasteiger partial charge in [-0.25, -0.2) is 14.4 Å². The Bertz CT molecular complexity index is 1500. The average Bonchev–Trinajstić information content (AvgIpc) is 2.89. The number of benzene rings is 3. The molecule has 0 unspecified atom stereocenters. The van der Waals surface area contributed by atoms with Gasteiger partial charge in [-0.15, -0.1) is 0 Å². The molecule has 4 aromatic rings. The van der Waals surface area contributed by atoms with Crippen LogP contribution >= 0.6 is 11.6 Å². The Hall–Kier alpha value is -4.19. The van der Waals surface area contributed by atoms with Gasteiger partial charge < -0.3 is 14.8 Å². The maximum Gasteiger partial charge on any atom is 0.320 e. The van der Waals surface area contributed by atoms with E-state index in [2.05, 4.69) is 27.1 Å². The standard InChI is InChI=1S/C29H26ClFN4O3/c1-3-37-28(36)17-35(2)13-5-7-20-9-11-26-24(15-20)29(33-19-32-26)34-23-10-12-27(25(30)16-23)38-18-21-6-4-8-22(31)14-21/h4,6,8-12,14-16,19H,3,13,17-18H2,1-2H3,(H,32,33,34). The molecule has 0 aliphatic carbocycles. The number of anilines is 2. The van der Waals surface area contributed by atoms with E-state index in [4.69, 9.17) is 21.1 Å². The maximum absolute atomic E-state index is 13.4. The molecule has 0 amide bonds. The van der Waals surface area contributed by atoms with Crippen LogP contribution in [0, 0.1) is 17.7 Å². The molecule has 0 radical (unpaired) electrons. The fourth-order valence-electron chi connectivity index (χ4n) is 3.61. The van der Waals surface area contributed by atoms with Crippen molar-refractivity contribution in [1.29, 1.82) is 0 Å². The molecular formula is C29H26ClFN4O3. The second-order valence-corrected chi connectivity index (χ2v) is 8.83. The van der Waals surface area contributed by atoms with Crippen molar-refractivity contribution in [2.45, 2.75) is 13.5 Å². The molecule has 194 valence electrons. The third kappa shape index (κ3) is 7.42. The number of halogens is 2. The number of ether oxygens (including phenoxy) is 2. The van der Waals surface area contributed by atoms with Gasteiger partial charge in [-0.1, -0.05) is 35.6 Å². The highest BCUT2D eigenvalue weighted by Crippen LogP contribution is 2.31. The van der Waals surface area contributed by atoms with Gasteiger partial charge in [-0.2, -0.15) is 0 Å². The van der Waals surface area contributed by atoms with E-state index < -0.39 is 0 Å². The summed E-state index contributed by atoms with van der Waals surface area (Å²) in [7, 11) is 1.81. The van der Waals surface area contributed by atoms with Crippen LogP contribution in [-0.4, -0.2) is 47.6 Å². The van der Waals surface area contributed by atoms with Gasteiger partial charge in [0.25, 0.3) is 0 Å². The molecule has 0 saturated carbocycles. The lowest BCUT2D eigenvalue weighted by atomic mass is 10.1. The molecule has 1 aromatic heterocycles. The van der Waals surface area contributed by atoms with Gasteiger partial charge in [0.05, 0.1) is 30.2 Å². The first kappa shape index (κ1) is 26.9. The summed E-state index contributed by atoms with van der Waals surface area (Å²) in [5.74, 6) is 6.69. The smallest absolute Gasteiger partial charge is 0.320 e. The van der Waals surface area contributed by atoms with E-state index in [-0.39, 0.29) is 24.9 Å². The van der Waals surface area contributed by atoms with Gasteiger partial charge >= 0.3 is 5.97 Å². The number of hydrogen-bond donors (Lipinski definition) is 1. The molecule has 4 rings (SSSR count). The molecule has 3 aromatic carbocycles. The minimum absolute atomic E-state index is 0.180. The lowest BCUT2D eigenvalue weighted by molar-refractivity contribution is -0.143. The number of nitrogens with one attached hydrogen (secondary N) is 1. The Kier molecular flexibility index (Phi) is 9.09. The highest BCUT2D eigenvalue weighted by atomic mass is 35.5. The van der Waals surface area contributed by atoms with Crippen molar-refractivity contribution < 1.29 is 18.7 Å². The second-order valence-electron chi connectivity index (χ2n) is 8.42. The molecule has 7 nitrogen and oxygen atoms in total. The predicted molar refractivity (Wildman–Crippen MR) is 146 cm³/mol. The van der Waals surface area contributed by atoms with Crippen molar-refractivity contribution in [2.24, 2.45) is 0 Å². The summed E-state index contributed by atoms with van der Waals surface area (Å²) in [6.07, 6.45) is 1.48. The number of rotatable bonds is 9. The van der Waals surface area contributed by atoms with E-state index in [1.54, 1.807) is 36.1 Å². The molecule has 0 aliphatic rings. The van der Waals surface area contributed by atoms with Crippen LogP contribution in [0.4, 0.5) is 15.9 Å². The first-order chi connectivity index (χ1) is 18.4. The Morgan fingerprint density at radius 3 is 2.79 bits per heavy atom. The van der Waals surface area contributed by atoms with Gasteiger partial charge in [0.15, 0.2) is 0 Å². The number of esters is 1. The molecule has 0 atom stereocenters. The average molecular weight is 533 g/mol. The molecular weight excluding hydrogens is 507 g/mol. The van der Waals surface area contributed by atoms with Crippen molar-refractivity contribution >= 4 is 40.0 Å². The largest absolute Gasteiger partial charge is 0.487 e. The summed E-state index contributed by atoms with van der Waals surface area (Å²) >= 11 is 6.45. The zero-order valence-electron chi connectivity index (χ0n) is 21.0. The third-order valence-corrected chi connectivity index (χ3v) is 5.69. The third-order valence-electron chi connectivity index (χ3n) is 5.40. The van der Waals surface area contributed by atoms with E-state index >= 15 is 0 Å². The maximum atomic E-state index is 13.4. The molecule has 1 N–H and O–H groups in total. The highest BCUT2D eigenvalue weighted by Gasteiger charge is 2.09. The van der Waals surface area contributed by atoms with Crippen LogP contribution in [0.3, 0.4) is 0 Å². The number of nitrogens with zero attached hydrogens (tertiary/aromatic N) is 3. The number of carbonyl (C=O) groups excluding carboxylic acids is 1. The molecule has 38 heavy (non-hydrogen) atoms. The highest BCUT2D eigenvalue weighted by molar-refractivity contribution is 6.32. The van der Waals surface area contributed by atoms with Crippen LogP contribution in [0.5, 0.6) is 5.75 Å². The topological polar surface area (TPSA) is 76.6 Å². The first-order valence-corrected chi connectivity index (χ1v) is 12.3. The van der Waals surface area contributed by atoms with Gasteiger partial charge in [-0.3, -0.25) is 9.69 Å². The first-order valence-electron chi connectivity index (χ1n) is 11.9. The van der Waals surface area contributed by atoms with Crippen LogP contribution in [0.15, 0.2) is 67.0 Å². The summed E-state index contributed by atoms with van der Waals surface area (Å²) in [4.78, 5) is 22.1. The number of carbonyl (C=O) groups is 1. The molecule has 0 saturated heterocycles. The van der Waals surface area contributed by atoms with Crippen molar-refractivity contribution in [2.75, 3.05) is 32.1 Å². The number of aromatic nitrogens is 2. The molecule has 0 spiro atoms. The van der Waals surface area contributed by atoms with Crippen LogP contribution in [-0.2, 0) is 16.1 Å². The Morgan fingerprint density at radius 2 is 2.00 bits per heavy atom. The molecule has 0 bridgehead atoms. The quantitative estimate of drug-likeness (QED) is 0.222. The van der Waals surface area contributed by atoms with Crippen LogP contribution in [0.25, 0.3) is 10.9 Å². The minimum Gasteiger partial charge on any atom is -0.487 e. The SMILES string of the molecule is CCOC(=O)CN(C)CC#Cc1ccc2ncnc(Nc3ccc(OCc4cccc(F)c4)c(Cl)c3)c2c1. The predicted octanol–water partition coefficient (Wildman–Crippen LogP) is 5.59. The fourth-order valence-corrected chi connectivity index (χ4v) is 3.85. The summed E-state index contributed by atoms with van der Waals surface area (Å²) in [5.41, 5.74) is 2.97. The molecule has 0 aliphatic heterocycles. The van der Waals surface area contributed by atoms with Crippen LogP contribution in [0.2, 0.25) is 5.02 Å². The zero-order valence-corrected chi connectivity index (χ0v) is 21.8. The van der Waals surface area contributed by atoms with Gasteiger partial charge in [0.1, 0.15) is 30.3 Å². The zero-order chi connectivity index (χ0) is 26.9. The van der Waals surface area contributed by atoms with E-state index in [1.165, 1.54) is 18.5 Å². The van der Waals surface area contributed by atoms with Crippen LogP contribution < -0.4 is 10.1 Å². The van der Waals surface area contributed by atoms with E-state index in [9.17, 15) is 9.18 Å². The van der Waals surface area contributed by atoms with Gasteiger partial charge in [0.2, 0.25) is 0 Å². The lowest BCUT2D eigenvalue weighted by Gasteiger charge is -2.12. The number of hydrogen-bond acceptors (Lipinski definition) is 7. The summed E-state index contributed by atoms with van der Waals surface area (Å²) in [6.45, 7) is 2.93. The van der Waals surface area contributed by atoms with Crippen molar-refractivity contribution in [1.82, 2.24) is 14.9 Å². The van der Waals surface area contributed by atoms with E-state index in [1.807, 2.05) is 31.3 Å². The normalized spacial score (nSPS) is 10.7. The Balaban J connectivity index is 1.45. The van der Waals surface area contributed by atoms with Crippen molar-refractivity contribution in [3.63, 3.8) is 0 Å². The lowest BCUT2D eigenvalue weighted by Crippen LogP contribution is -2.27. The number of likely N-dealkylation sites (N-methyl/N-ethyl adjacent to an activating group) is 1. The van der Waals surface area contributed by atoms with E-state index in [0.29, 0.717) is 41.0 Å². The monoisotopic (exact) mass is 532 g/mol. The molecule has 0 fully saturated rings. The minimum atomic E-state index is -0.315. The van der Waals surface area contributed by atoms with Crippen molar-refractivity contribution in [3.05, 3.63) is 89.0 Å². The molecule has 1 heterocycles. The summed E-state index contributed by atoms with van der Waals surface area (Å²) in [6, 6.07) is 17.2. The number of fused-ring (bicyclic) bond motifs is 1. The summed E-state index contributed by atoms with van der Waals surface area (Å²) < 4.78 is 24.1. The van der Waals surface area contributed by atoms with Gasteiger partial charge in [0, 0.05) is 16.6 Å². The van der Waals surface area contributed by atoms with Gasteiger partial charge in [-0.05, 0) is 68.1 Å². The van der Waals surface area contributed by atoms with E-state index in [0.717, 1.165) is 16.5 Å². The fraction of sp³-hybridized carbons (Fsp3) is 0.207. The summed E-state index contributed by atoms with van der Waals surface area (Å²) in [5, 5.41) is 4.48. The van der Waals surface area contributed by atoms with Crippen molar-refractivity contribution in [3.8, 4) is 17.6 Å². The Labute approximate surface area is 225 Å². The Morgan fingerprint density at radius 1 is 1.13 bits per heavy atom.